The molecule has 1 unspecified atom stereocenters. The standard InChI is InChI=1S/C23H42FN5O3SSi2/c1-22(2,3)34(8,9)30-12-14-17(32-35(10,11)23(4,5)6)16(24)21(31-14)29-19-15(20(28-29)33-7)18(25)26-13-27-19/h13-14,16-17,21H,12H2,1-11H3,(H2,25,26,27)/t14-,16-,17?,21-/m0/s1. The van der Waals surface area contributed by atoms with Crippen LogP contribution in [0.15, 0.2) is 11.4 Å². The number of thioether (sulfide) groups is 1. The van der Waals surface area contributed by atoms with E-state index in [2.05, 4.69) is 82.8 Å². The van der Waals surface area contributed by atoms with Crippen LogP contribution in [0.1, 0.15) is 47.8 Å². The molecule has 1 saturated heterocycles. The van der Waals surface area contributed by atoms with Crippen LogP contribution >= 0.6 is 11.8 Å². The molecular formula is C23H42FN5O3SSi2. The first-order valence-electron chi connectivity index (χ1n) is 12.1. The Labute approximate surface area is 215 Å². The van der Waals surface area contributed by atoms with E-state index in [1.807, 2.05) is 6.26 Å². The van der Waals surface area contributed by atoms with Crippen molar-refractivity contribution < 1.29 is 18.0 Å². The fourth-order valence-corrected chi connectivity index (χ4v) is 6.37. The molecule has 2 aromatic heterocycles. The van der Waals surface area contributed by atoms with E-state index in [9.17, 15) is 0 Å². The van der Waals surface area contributed by atoms with E-state index >= 15 is 4.39 Å². The van der Waals surface area contributed by atoms with E-state index in [0.29, 0.717) is 21.9 Å². The average molecular weight is 544 g/mol. The number of anilines is 1. The van der Waals surface area contributed by atoms with Gasteiger partial charge < -0.3 is 19.3 Å². The van der Waals surface area contributed by atoms with Gasteiger partial charge in [0.25, 0.3) is 0 Å². The van der Waals surface area contributed by atoms with Gasteiger partial charge in [0.05, 0.1) is 12.0 Å². The zero-order valence-corrected chi connectivity index (χ0v) is 25.8. The van der Waals surface area contributed by atoms with E-state index in [-0.39, 0.29) is 16.7 Å². The molecule has 0 spiro atoms. The molecule has 1 aliphatic heterocycles. The van der Waals surface area contributed by atoms with Crippen LogP contribution in [-0.4, -0.2) is 67.6 Å². The van der Waals surface area contributed by atoms with Crippen molar-refractivity contribution in [3.8, 4) is 0 Å². The molecule has 0 radical (unpaired) electrons. The van der Waals surface area contributed by atoms with Crippen molar-refractivity contribution in [3.05, 3.63) is 6.33 Å². The maximum absolute atomic E-state index is 16.3. The first-order valence-corrected chi connectivity index (χ1v) is 19.1. The van der Waals surface area contributed by atoms with E-state index in [4.69, 9.17) is 19.3 Å². The van der Waals surface area contributed by atoms with Gasteiger partial charge in [-0.2, -0.15) is 5.10 Å². The van der Waals surface area contributed by atoms with Gasteiger partial charge in [0, 0.05) is 0 Å². The van der Waals surface area contributed by atoms with Crippen molar-refractivity contribution in [1.82, 2.24) is 19.7 Å². The normalized spacial score (nSPS) is 24.5. The van der Waals surface area contributed by atoms with Crippen LogP contribution in [0.5, 0.6) is 0 Å². The summed E-state index contributed by atoms with van der Waals surface area (Å²) in [4.78, 5) is 8.45. The molecule has 2 aromatic rings. The predicted octanol–water partition coefficient (Wildman–Crippen LogP) is 5.78. The molecule has 1 fully saturated rings. The first-order chi connectivity index (χ1) is 15.9. The van der Waals surface area contributed by atoms with Crippen molar-refractivity contribution in [1.29, 1.82) is 0 Å². The molecule has 4 atom stereocenters. The summed E-state index contributed by atoms with van der Waals surface area (Å²) in [5, 5.41) is 5.81. The Morgan fingerprint density at radius 3 is 2.23 bits per heavy atom. The average Bonchev–Trinajstić information content (AvgIpc) is 3.23. The third kappa shape index (κ3) is 5.47. The molecule has 0 saturated carbocycles. The molecule has 0 bridgehead atoms. The predicted molar refractivity (Wildman–Crippen MR) is 146 cm³/mol. The number of halogens is 1. The zero-order valence-electron chi connectivity index (χ0n) is 23.0. The van der Waals surface area contributed by atoms with Crippen molar-refractivity contribution in [2.45, 2.75) is 107 Å². The van der Waals surface area contributed by atoms with Crippen LogP contribution in [0, 0.1) is 0 Å². The third-order valence-corrected chi connectivity index (χ3v) is 17.5. The molecule has 1 aliphatic rings. The molecule has 35 heavy (non-hydrogen) atoms. The van der Waals surface area contributed by atoms with Crippen LogP contribution in [0.25, 0.3) is 11.0 Å². The lowest BCUT2D eigenvalue weighted by Gasteiger charge is -2.40. The van der Waals surface area contributed by atoms with Gasteiger partial charge >= 0.3 is 0 Å². The maximum atomic E-state index is 16.3. The molecule has 3 rings (SSSR count). The Morgan fingerprint density at radius 1 is 1.09 bits per heavy atom. The summed E-state index contributed by atoms with van der Waals surface area (Å²) >= 11 is 1.41. The van der Waals surface area contributed by atoms with Gasteiger partial charge in [-0.1, -0.05) is 41.5 Å². The Balaban J connectivity index is 2.00. The van der Waals surface area contributed by atoms with E-state index in [1.165, 1.54) is 22.8 Å². The summed E-state index contributed by atoms with van der Waals surface area (Å²) in [5.74, 6) is 0.311. The number of ether oxygens (including phenoxy) is 1. The first kappa shape index (κ1) is 28.5. The highest BCUT2D eigenvalue weighted by Gasteiger charge is 2.53. The smallest absolute Gasteiger partial charge is 0.192 e. The lowest BCUT2D eigenvalue weighted by Crippen LogP contribution is -2.50. The van der Waals surface area contributed by atoms with Crippen LogP contribution < -0.4 is 5.73 Å². The molecule has 0 aliphatic carbocycles. The van der Waals surface area contributed by atoms with E-state index in [1.54, 1.807) is 0 Å². The van der Waals surface area contributed by atoms with Gasteiger partial charge in [-0.15, -0.1) is 11.8 Å². The Hall–Kier alpha value is -1.06. The second-order valence-electron chi connectivity index (χ2n) is 12.3. The molecular weight excluding hydrogens is 502 g/mol. The number of aromatic nitrogens is 4. The second kappa shape index (κ2) is 9.68. The van der Waals surface area contributed by atoms with Gasteiger partial charge in [-0.3, -0.25) is 0 Å². The number of nitrogens with two attached hydrogens (primary N) is 1. The van der Waals surface area contributed by atoms with Gasteiger partial charge in [-0.05, 0) is 42.5 Å². The van der Waals surface area contributed by atoms with Crippen molar-refractivity contribution in [2.24, 2.45) is 0 Å². The number of alkyl halides is 1. The molecule has 198 valence electrons. The Kier molecular flexibility index (Phi) is 7.88. The summed E-state index contributed by atoms with van der Waals surface area (Å²) < 4.78 is 37.2. The summed E-state index contributed by atoms with van der Waals surface area (Å²) in [6, 6.07) is 0. The van der Waals surface area contributed by atoms with Crippen molar-refractivity contribution >= 4 is 45.2 Å². The number of nitrogens with zero attached hydrogens (tertiary/aromatic N) is 4. The maximum Gasteiger partial charge on any atom is 0.192 e. The molecule has 12 heteroatoms. The SMILES string of the molecule is CSc1nn([C@H]2O[C@@H](CO[Si](C)(C)C(C)(C)C)C(O[Si](C)(C)C(C)(C)C)[C@@H]2F)c2ncnc(N)c12. The lowest BCUT2D eigenvalue weighted by molar-refractivity contribution is -0.0474. The zero-order chi connectivity index (χ0) is 26.6. The quantitative estimate of drug-likeness (QED) is 0.347. The summed E-state index contributed by atoms with van der Waals surface area (Å²) in [6.45, 7) is 21.9. The summed E-state index contributed by atoms with van der Waals surface area (Å²) in [6.07, 6.45) is -0.554. The minimum absolute atomic E-state index is 0.0236. The van der Waals surface area contributed by atoms with Gasteiger partial charge in [0.2, 0.25) is 0 Å². The van der Waals surface area contributed by atoms with Gasteiger partial charge in [0.15, 0.2) is 34.7 Å². The minimum atomic E-state index is -2.30. The summed E-state index contributed by atoms with van der Waals surface area (Å²) in [7, 11) is -4.39. The van der Waals surface area contributed by atoms with E-state index in [0.717, 1.165) is 0 Å². The van der Waals surface area contributed by atoms with Crippen LogP contribution in [0.4, 0.5) is 10.2 Å². The van der Waals surface area contributed by atoms with Crippen molar-refractivity contribution in [2.75, 3.05) is 18.6 Å². The van der Waals surface area contributed by atoms with Crippen molar-refractivity contribution in [3.63, 3.8) is 0 Å². The molecule has 8 nitrogen and oxygen atoms in total. The van der Waals surface area contributed by atoms with Crippen LogP contribution in [0.3, 0.4) is 0 Å². The number of rotatable bonds is 7. The lowest BCUT2D eigenvalue weighted by atomic mass is 10.1. The highest BCUT2D eigenvalue weighted by Crippen LogP contribution is 2.44. The minimum Gasteiger partial charge on any atom is -0.414 e. The largest absolute Gasteiger partial charge is 0.414 e. The fraction of sp³-hybridized carbons (Fsp3) is 0.783. The monoisotopic (exact) mass is 543 g/mol. The highest BCUT2D eigenvalue weighted by atomic mass is 32.2. The Bertz CT molecular complexity index is 1050. The van der Waals surface area contributed by atoms with Gasteiger partial charge in [-0.25, -0.2) is 19.0 Å². The molecule has 0 aromatic carbocycles. The number of fused-ring (bicyclic) bond motifs is 1. The summed E-state index contributed by atoms with van der Waals surface area (Å²) in [5.41, 5.74) is 6.56. The van der Waals surface area contributed by atoms with Gasteiger partial charge in [0.1, 0.15) is 29.4 Å². The highest BCUT2D eigenvalue weighted by molar-refractivity contribution is 7.98. The second-order valence-corrected chi connectivity index (χ2v) is 22.7. The number of nitrogen functional groups attached to an aromatic ring is 1. The molecule has 0 amide bonds. The van der Waals surface area contributed by atoms with Crippen LogP contribution in [-0.2, 0) is 13.6 Å². The topological polar surface area (TPSA) is 97.3 Å². The molecule has 3 heterocycles. The van der Waals surface area contributed by atoms with Crippen LogP contribution in [0.2, 0.25) is 36.3 Å². The fourth-order valence-electron chi connectivity index (χ4n) is 3.47. The number of hydrogen-bond acceptors (Lipinski definition) is 8. The number of hydrogen-bond donors (Lipinski definition) is 1. The third-order valence-electron chi connectivity index (χ3n) is 7.84. The molecule has 2 N–H and O–H groups in total. The Morgan fingerprint density at radius 2 is 1.69 bits per heavy atom. The van der Waals surface area contributed by atoms with E-state index < -0.39 is 41.2 Å².